The fourth-order valence-electron chi connectivity index (χ4n) is 1.77. The van der Waals surface area contributed by atoms with Crippen molar-refractivity contribution in [3.8, 4) is 0 Å². The highest BCUT2D eigenvalue weighted by atomic mass is 16.5. The van der Waals surface area contributed by atoms with Crippen molar-refractivity contribution >= 4 is 0 Å². The van der Waals surface area contributed by atoms with E-state index in [9.17, 15) is 0 Å². The predicted octanol–water partition coefficient (Wildman–Crippen LogP) is 2.98. The molecule has 2 N–H and O–H groups in total. The highest BCUT2D eigenvalue weighted by molar-refractivity contribution is 5.03. The van der Waals surface area contributed by atoms with Crippen LogP contribution in [0.15, 0.2) is 11.8 Å². The monoisotopic (exact) mass is 197 g/mol. The topological polar surface area (TPSA) is 35.2 Å². The SMILES string of the molecule is CCCCCCC(N)C1=CCCCO1. The lowest BCUT2D eigenvalue weighted by Gasteiger charge is -2.20. The zero-order valence-electron chi connectivity index (χ0n) is 9.30. The number of ether oxygens (including phenoxy) is 1. The van der Waals surface area contributed by atoms with Crippen LogP contribution in [0.4, 0.5) is 0 Å². The molecule has 0 radical (unpaired) electrons. The van der Waals surface area contributed by atoms with Crippen LogP contribution in [0.5, 0.6) is 0 Å². The molecule has 1 rings (SSSR count). The van der Waals surface area contributed by atoms with Gasteiger partial charge in [0.05, 0.1) is 12.6 Å². The molecule has 0 aromatic carbocycles. The molecule has 0 spiro atoms. The summed E-state index contributed by atoms with van der Waals surface area (Å²) < 4.78 is 5.53. The maximum absolute atomic E-state index is 6.04. The summed E-state index contributed by atoms with van der Waals surface area (Å²) in [5.74, 6) is 1.03. The summed E-state index contributed by atoms with van der Waals surface area (Å²) in [5, 5.41) is 0. The Bertz CT molecular complexity index is 177. The maximum Gasteiger partial charge on any atom is 0.109 e. The molecule has 2 nitrogen and oxygen atoms in total. The van der Waals surface area contributed by atoms with Crippen molar-refractivity contribution in [3.05, 3.63) is 11.8 Å². The van der Waals surface area contributed by atoms with Gasteiger partial charge in [0.25, 0.3) is 0 Å². The summed E-state index contributed by atoms with van der Waals surface area (Å²) in [6, 6.07) is 0.146. The number of allylic oxidation sites excluding steroid dienone is 1. The van der Waals surface area contributed by atoms with E-state index in [4.69, 9.17) is 10.5 Å². The van der Waals surface area contributed by atoms with Crippen molar-refractivity contribution in [2.45, 2.75) is 57.9 Å². The lowest BCUT2D eigenvalue weighted by atomic mass is 10.0. The third kappa shape index (κ3) is 4.14. The summed E-state index contributed by atoms with van der Waals surface area (Å²) in [4.78, 5) is 0. The van der Waals surface area contributed by atoms with Gasteiger partial charge in [-0.25, -0.2) is 0 Å². The smallest absolute Gasteiger partial charge is 0.109 e. The van der Waals surface area contributed by atoms with E-state index in [1.165, 1.54) is 25.7 Å². The molecule has 0 fully saturated rings. The van der Waals surface area contributed by atoms with E-state index in [2.05, 4.69) is 13.0 Å². The normalized spacial score (nSPS) is 18.6. The van der Waals surface area contributed by atoms with Crippen LogP contribution in [0.2, 0.25) is 0 Å². The Morgan fingerprint density at radius 3 is 2.93 bits per heavy atom. The standard InChI is InChI=1S/C12H23NO/c1-2-3-4-5-8-11(13)12-9-6-7-10-14-12/h9,11H,2-8,10,13H2,1H3. The number of unbranched alkanes of at least 4 members (excludes halogenated alkanes) is 3. The summed E-state index contributed by atoms with van der Waals surface area (Å²) in [6.07, 6.45) is 10.7. The largest absolute Gasteiger partial charge is 0.497 e. The van der Waals surface area contributed by atoms with E-state index >= 15 is 0 Å². The van der Waals surface area contributed by atoms with Gasteiger partial charge in [0, 0.05) is 0 Å². The fourth-order valence-corrected chi connectivity index (χ4v) is 1.77. The molecule has 1 heterocycles. The highest BCUT2D eigenvalue weighted by Gasteiger charge is 2.12. The van der Waals surface area contributed by atoms with Crippen LogP contribution >= 0.6 is 0 Å². The molecule has 1 aliphatic rings. The van der Waals surface area contributed by atoms with Crippen molar-refractivity contribution < 1.29 is 4.74 Å². The van der Waals surface area contributed by atoms with Gasteiger partial charge >= 0.3 is 0 Å². The first-order valence-electron chi connectivity index (χ1n) is 5.93. The molecule has 82 valence electrons. The summed E-state index contributed by atoms with van der Waals surface area (Å²) in [7, 11) is 0. The quantitative estimate of drug-likeness (QED) is 0.664. The molecule has 0 saturated carbocycles. The van der Waals surface area contributed by atoms with E-state index in [0.29, 0.717) is 0 Å². The average Bonchev–Trinajstić information content (AvgIpc) is 2.25. The first-order chi connectivity index (χ1) is 6.84. The minimum Gasteiger partial charge on any atom is -0.497 e. The molecule has 14 heavy (non-hydrogen) atoms. The zero-order valence-corrected chi connectivity index (χ0v) is 9.30. The Hall–Kier alpha value is -0.500. The molecule has 0 aromatic rings. The van der Waals surface area contributed by atoms with Crippen molar-refractivity contribution in [1.29, 1.82) is 0 Å². The van der Waals surface area contributed by atoms with Crippen LogP contribution in [0, 0.1) is 0 Å². The van der Waals surface area contributed by atoms with E-state index in [0.717, 1.165) is 31.6 Å². The lowest BCUT2D eigenvalue weighted by molar-refractivity contribution is 0.173. The average molecular weight is 197 g/mol. The lowest BCUT2D eigenvalue weighted by Crippen LogP contribution is -2.25. The molecule has 0 amide bonds. The van der Waals surface area contributed by atoms with Crippen LogP contribution < -0.4 is 5.73 Å². The summed E-state index contributed by atoms with van der Waals surface area (Å²) in [5.41, 5.74) is 6.04. The summed E-state index contributed by atoms with van der Waals surface area (Å²) in [6.45, 7) is 3.08. The van der Waals surface area contributed by atoms with E-state index < -0.39 is 0 Å². The van der Waals surface area contributed by atoms with Crippen LogP contribution in [-0.4, -0.2) is 12.6 Å². The third-order valence-electron chi connectivity index (χ3n) is 2.70. The second-order valence-corrected chi connectivity index (χ2v) is 4.05. The van der Waals surface area contributed by atoms with Crippen LogP contribution in [0.25, 0.3) is 0 Å². The van der Waals surface area contributed by atoms with Crippen LogP contribution in [-0.2, 0) is 4.74 Å². The molecule has 1 aliphatic heterocycles. The molecule has 2 heteroatoms. The number of rotatable bonds is 6. The summed E-state index contributed by atoms with van der Waals surface area (Å²) >= 11 is 0. The molecule has 0 aromatic heterocycles. The first kappa shape index (κ1) is 11.6. The van der Waals surface area contributed by atoms with Gasteiger partial charge in [-0.1, -0.05) is 32.6 Å². The molecule has 0 aliphatic carbocycles. The molecule has 0 saturated heterocycles. The van der Waals surface area contributed by atoms with Gasteiger partial charge in [0.15, 0.2) is 0 Å². The molecular formula is C12H23NO. The molecular weight excluding hydrogens is 174 g/mol. The number of nitrogens with two attached hydrogens (primary N) is 1. The zero-order chi connectivity index (χ0) is 10.2. The first-order valence-corrected chi connectivity index (χ1v) is 5.93. The molecule has 0 bridgehead atoms. The van der Waals surface area contributed by atoms with Crippen molar-refractivity contribution in [2.75, 3.05) is 6.61 Å². The van der Waals surface area contributed by atoms with E-state index in [1.807, 2.05) is 0 Å². The Labute approximate surface area is 87.5 Å². The van der Waals surface area contributed by atoms with Crippen molar-refractivity contribution in [2.24, 2.45) is 5.73 Å². The van der Waals surface area contributed by atoms with Crippen LogP contribution in [0.1, 0.15) is 51.9 Å². The fraction of sp³-hybridized carbons (Fsp3) is 0.833. The van der Waals surface area contributed by atoms with Gasteiger partial charge in [0.2, 0.25) is 0 Å². The minimum absolute atomic E-state index is 0.146. The van der Waals surface area contributed by atoms with Crippen molar-refractivity contribution in [3.63, 3.8) is 0 Å². The number of hydrogen-bond acceptors (Lipinski definition) is 2. The van der Waals surface area contributed by atoms with Gasteiger partial charge in [0.1, 0.15) is 5.76 Å². The Kier molecular flexibility index (Phi) is 5.69. The van der Waals surface area contributed by atoms with Gasteiger partial charge in [-0.15, -0.1) is 0 Å². The highest BCUT2D eigenvalue weighted by Crippen LogP contribution is 2.16. The maximum atomic E-state index is 6.04. The second-order valence-electron chi connectivity index (χ2n) is 4.05. The Morgan fingerprint density at radius 2 is 2.29 bits per heavy atom. The second kappa shape index (κ2) is 6.88. The molecule has 1 unspecified atom stereocenters. The van der Waals surface area contributed by atoms with Gasteiger partial charge in [-0.3, -0.25) is 0 Å². The third-order valence-corrected chi connectivity index (χ3v) is 2.70. The van der Waals surface area contributed by atoms with Gasteiger partial charge < -0.3 is 10.5 Å². The van der Waals surface area contributed by atoms with Gasteiger partial charge in [-0.2, -0.15) is 0 Å². The number of hydrogen-bond donors (Lipinski definition) is 1. The Balaban J connectivity index is 2.13. The van der Waals surface area contributed by atoms with Crippen LogP contribution in [0.3, 0.4) is 0 Å². The van der Waals surface area contributed by atoms with E-state index in [-0.39, 0.29) is 6.04 Å². The molecule has 1 atom stereocenters. The Morgan fingerprint density at radius 1 is 1.43 bits per heavy atom. The van der Waals surface area contributed by atoms with Gasteiger partial charge in [-0.05, 0) is 25.3 Å². The van der Waals surface area contributed by atoms with Crippen molar-refractivity contribution in [1.82, 2.24) is 0 Å². The predicted molar refractivity (Wildman–Crippen MR) is 60.0 cm³/mol. The minimum atomic E-state index is 0.146. The van der Waals surface area contributed by atoms with E-state index in [1.54, 1.807) is 0 Å².